The number of imidazole rings is 1. The smallest absolute Gasteiger partial charge is 0.216 e. The van der Waals surface area contributed by atoms with Crippen molar-refractivity contribution in [3.63, 3.8) is 0 Å². The van der Waals surface area contributed by atoms with Crippen molar-refractivity contribution < 1.29 is 18.6 Å². The molecule has 0 fully saturated rings. The van der Waals surface area contributed by atoms with E-state index in [0.29, 0.717) is 36.7 Å². The van der Waals surface area contributed by atoms with Gasteiger partial charge in [0.25, 0.3) is 0 Å². The van der Waals surface area contributed by atoms with Gasteiger partial charge in [-0.25, -0.2) is 15.0 Å². The zero-order valence-electron chi connectivity index (χ0n) is 15.9. The van der Waals surface area contributed by atoms with Crippen LogP contribution in [-0.4, -0.2) is 52.7 Å². The number of hydrogen-bond donors (Lipinski definition) is 1. The third-order valence-electron chi connectivity index (χ3n) is 4.07. The summed E-state index contributed by atoms with van der Waals surface area (Å²) >= 11 is 0. The molecule has 2 aromatic heterocycles. The zero-order valence-corrected chi connectivity index (χ0v) is 16.9. The first kappa shape index (κ1) is 20.4. The maximum atomic E-state index is 12.2. The number of methoxy groups -OCH3 is 1. The summed E-state index contributed by atoms with van der Waals surface area (Å²) in [7, 11) is 1.06. The molecule has 150 valence electrons. The summed E-state index contributed by atoms with van der Waals surface area (Å²) in [5.41, 5.74) is 2.34. The Kier molecular flexibility index (Phi) is 7.50. The molecule has 0 amide bonds. The number of fused-ring (bicyclic) bond motifs is 1. The summed E-state index contributed by atoms with van der Waals surface area (Å²) in [6.45, 7) is 1.10. The average Bonchev–Trinajstić information content (AvgIpc) is 3.14. The Bertz CT molecular complexity index is 905. The van der Waals surface area contributed by atoms with Crippen molar-refractivity contribution in [3.05, 3.63) is 48.5 Å². The Labute approximate surface area is 163 Å². The van der Waals surface area contributed by atoms with Gasteiger partial charge in [-0.3, -0.25) is 4.57 Å². The van der Waals surface area contributed by atoms with Gasteiger partial charge in [0, 0.05) is 14.2 Å². The highest BCUT2D eigenvalue weighted by Crippen LogP contribution is 2.25. The van der Waals surface area contributed by atoms with Crippen LogP contribution in [0.4, 0.5) is 5.82 Å². The standard InChI is InChI=1S/C18H24N5O4P/c1-19-17-16-18(21-11-20-17)23(12-22-16)8-15(10-25-2)26-13-28(24)27-9-14-6-4-3-5-7-14/h3-7,11-12,15,28H,8-10,13H2,1-2H3,(H,19,20,21)/t15-/m0/s1. The summed E-state index contributed by atoms with van der Waals surface area (Å²) in [6.07, 6.45) is 2.87. The molecule has 1 N–H and O–H groups in total. The van der Waals surface area contributed by atoms with Gasteiger partial charge in [0.15, 0.2) is 11.5 Å². The first-order chi connectivity index (χ1) is 13.7. The molecule has 0 saturated heterocycles. The predicted octanol–water partition coefficient (Wildman–Crippen LogP) is 2.55. The predicted molar refractivity (Wildman–Crippen MR) is 107 cm³/mol. The molecule has 3 rings (SSSR count). The Morgan fingerprint density at radius 1 is 1.21 bits per heavy atom. The second-order valence-corrected chi connectivity index (χ2v) is 7.40. The molecule has 0 spiro atoms. The fourth-order valence-corrected chi connectivity index (χ4v) is 3.50. The van der Waals surface area contributed by atoms with Gasteiger partial charge in [0.1, 0.15) is 18.2 Å². The molecule has 2 heterocycles. The van der Waals surface area contributed by atoms with Crippen molar-refractivity contribution in [2.45, 2.75) is 19.3 Å². The van der Waals surface area contributed by atoms with E-state index >= 15 is 0 Å². The van der Waals surface area contributed by atoms with Crippen molar-refractivity contribution in [3.8, 4) is 0 Å². The Hall–Kier alpha value is -2.32. The lowest BCUT2D eigenvalue weighted by Crippen LogP contribution is -2.25. The molecule has 0 saturated carbocycles. The molecule has 3 aromatic rings. The van der Waals surface area contributed by atoms with Gasteiger partial charge < -0.3 is 23.9 Å². The van der Waals surface area contributed by atoms with E-state index in [2.05, 4.69) is 20.3 Å². The molecule has 0 aliphatic rings. The van der Waals surface area contributed by atoms with Gasteiger partial charge >= 0.3 is 0 Å². The van der Waals surface area contributed by atoms with Crippen molar-refractivity contribution in [2.75, 3.05) is 32.4 Å². The molecule has 1 unspecified atom stereocenters. The van der Waals surface area contributed by atoms with Gasteiger partial charge in [-0.1, -0.05) is 30.3 Å². The Morgan fingerprint density at radius 3 is 2.79 bits per heavy atom. The van der Waals surface area contributed by atoms with Crippen molar-refractivity contribution in [1.82, 2.24) is 19.5 Å². The molecule has 0 aliphatic carbocycles. The van der Waals surface area contributed by atoms with E-state index in [4.69, 9.17) is 14.0 Å². The third kappa shape index (κ3) is 5.36. The number of anilines is 1. The number of benzene rings is 1. The van der Waals surface area contributed by atoms with Gasteiger partial charge in [0.2, 0.25) is 8.03 Å². The highest BCUT2D eigenvalue weighted by molar-refractivity contribution is 7.38. The van der Waals surface area contributed by atoms with Crippen LogP contribution in [0.2, 0.25) is 0 Å². The van der Waals surface area contributed by atoms with Gasteiger partial charge in [-0.15, -0.1) is 0 Å². The summed E-state index contributed by atoms with van der Waals surface area (Å²) in [4.78, 5) is 12.8. The first-order valence-corrected chi connectivity index (χ1v) is 10.4. The van der Waals surface area contributed by atoms with Gasteiger partial charge in [-0.05, 0) is 5.56 Å². The number of hydrogen-bond acceptors (Lipinski definition) is 8. The van der Waals surface area contributed by atoms with Crippen LogP contribution >= 0.6 is 8.03 Å². The molecule has 0 aliphatic heterocycles. The lowest BCUT2D eigenvalue weighted by molar-refractivity contribution is 0.00705. The number of aromatic nitrogens is 4. The SMILES string of the molecule is CNc1ncnc2c1ncn2C[C@@H](COC)OC[PH](=O)OCc1ccccc1. The maximum Gasteiger partial charge on any atom is 0.216 e. The molecular formula is C18H24N5O4P. The molecule has 0 radical (unpaired) electrons. The Morgan fingerprint density at radius 2 is 2.04 bits per heavy atom. The monoisotopic (exact) mass is 405 g/mol. The van der Waals surface area contributed by atoms with Crippen LogP contribution in [0.25, 0.3) is 11.2 Å². The van der Waals surface area contributed by atoms with Crippen LogP contribution in [0.15, 0.2) is 43.0 Å². The van der Waals surface area contributed by atoms with Crippen molar-refractivity contribution >= 4 is 25.0 Å². The maximum absolute atomic E-state index is 12.2. The normalized spacial score (nSPS) is 13.5. The van der Waals surface area contributed by atoms with Gasteiger partial charge in [0.05, 0.1) is 32.2 Å². The number of rotatable bonds is 11. The minimum Gasteiger partial charge on any atom is -0.382 e. The number of nitrogens with one attached hydrogen (secondary N) is 1. The van der Waals surface area contributed by atoms with Crippen molar-refractivity contribution in [1.29, 1.82) is 0 Å². The van der Waals surface area contributed by atoms with E-state index in [9.17, 15) is 4.57 Å². The van der Waals surface area contributed by atoms with Crippen LogP contribution in [-0.2, 0) is 31.7 Å². The first-order valence-electron chi connectivity index (χ1n) is 8.85. The van der Waals surface area contributed by atoms with E-state index < -0.39 is 8.03 Å². The average molecular weight is 405 g/mol. The Balaban J connectivity index is 1.57. The second-order valence-electron chi connectivity index (χ2n) is 6.08. The minimum absolute atomic E-state index is 0.0227. The highest BCUT2D eigenvalue weighted by Gasteiger charge is 2.16. The molecule has 10 heteroatoms. The van der Waals surface area contributed by atoms with E-state index in [1.165, 1.54) is 6.33 Å². The summed E-state index contributed by atoms with van der Waals surface area (Å²) in [5.74, 6) is 0.660. The minimum atomic E-state index is -2.32. The fourth-order valence-electron chi connectivity index (χ4n) is 2.72. The highest BCUT2D eigenvalue weighted by atomic mass is 31.1. The van der Waals surface area contributed by atoms with Crippen molar-refractivity contribution in [2.24, 2.45) is 0 Å². The van der Waals surface area contributed by atoms with Crippen LogP contribution < -0.4 is 5.32 Å². The topological polar surface area (TPSA) is 100 Å². The molecular weight excluding hydrogens is 381 g/mol. The fraction of sp³-hybridized carbons (Fsp3) is 0.389. The molecule has 9 nitrogen and oxygen atoms in total. The zero-order chi connectivity index (χ0) is 19.8. The quantitative estimate of drug-likeness (QED) is 0.486. The third-order valence-corrected chi connectivity index (χ3v) is 4.94. The molecule has 2 atom stereocenters. The lowest BCUT2D eigenvalue weighted by Gasteiger charge is -2.18. The van der Waals surface area contributed by atoms with E-state index in [-0.39, 0.29) is 12.5 Å². The van der Waals surface area contributed by atoms with Crippen LogP contribution in [0.1, 0.15) is 5.56 Å². The molecule has 1 aromatic carbocycles. The van der Waals surface area contributed by atoms with E-state index in [1.807, 2.05) is 34.9 Å². The van der Waals surface area contributed by atoms with E-state index in [1.54, 1.807) is 20.5 Å². The van der Waals surface area contributed by atoms with Crippen LogP contribution in [0, 0.1) is 0 Å². The molecule has 28 heavy (non-hydrogen) atoms. The summed E-state index contributed by atoms with van der Waals surface area (Å²) in [6, 6.07) is 9.61. The summed E-state index contributed by atoms with van der Waals surface area (Å²) < 4.78 is 30.5. The van der Waals surface area contributed by atoms with Gasteiger partial charge in [-0.2, -0.15) is 0 Å². The lowest BCUT2D eigenvalue weighted by atomic mass is 10.2. The summed E-state index contributed by atoms with van der Waals surface area (Å²) in [5, 5.41) is 2.99. The van der Waals surface area contributed by atoms with Crippen LogP contribution in [0.3, 0.4) is 0 Å². The second kappa shape index (κ2) is 10.3. The largest absolute Gasteiger partial charge is 0.382 e. The number of ether oxygens (including phenoxy) is 2. The van der Waals surface area contributed by atoms with Crippen LogP contribution in [0.5, 0.6) is 0 Å². The van der Waals surface area contributed by atoms with E-state index in [0.717, 1.165) is 5.56 Å². The molecule has 0 bridgehead atoms. The number of nitrogens with zero attached hydrogens (tertiary/aromatic N) is 4.